The molecule has 5 rings (SSSR count). The monoisotopic (exact) mass is 487 g/mol. The van der Waals surface area contributed by atoms with E-state index in [-0.39, 0.29) is 28.2 Å². The maximum absolute atomic E-state index is 14.0. The van der Waals surface area contributed by atoms with Crippen molar-refractivity contribution in [2.75, 3.05) is 20.8 Å². The van der Waals surface area contributed by atoms with Crippen LogP contribution in [-0.2, 0) is 12.8 Å². The Kier molecular flexibility index (Phi) is 6.22. The molecule has 0 bridgehead atoms. The molecular formula is C29H26FNO5. The van der Waals surface area contributed by atoms with Crippen molar-refractivity contribution in [3.63, 3.8) is 0 Å². The van der Waals surface area contributed by atoms with Crippen molar-refractivity contribution < 1.29 is 23.1 Å². The summed E-state index contributed by atoms with van der Waals surface area (Å²) in [6.07, 6.45) is 1.39. The van der Waals surface area contributed by atoms with Crippen LogP contribution in [0, 0.1) is 5.82 Å². The lowest BCUT2D eigenvalue weighted by Crippen LogP contribution is -2.31. The molecular weight excluding hydrogens is 461 g/mol. The van der Waals surface area contributed by atoms with Gasteiger partial charge in [-0.15, -0.1) is 0 Å². The number of fused-ring (bicyclic) bond motifs is 2. The summed E-state index contributed by atoms with van der Waals surface area (Å²) < 4.78 is 30.6. The molecule has 0 spiro atoms. The largest absolute Gasteiger partial charge is 0.493 e. The Morgan fingerprint density at radius 3 is 2.33 bits per heavy atom. The van der Waals surface area contributed by atoms with Gasteiger partial charge in [0, 0.05) is 6.54 Å². The number of rotatable bonds is 7. The van der Waals surface area contributed by atoms with Gasteiger partial charge in [-0.05, 0) is 59.9 Å². The summed E-state index contributed by atoms with van der Waals surface area (Å²) in [5.74, 6) is 0.332. The second-order valence-corrected chi connectivity index (χ2v) is 8.75. The van der Waals surface area contributed by atoms with Crippen LogP contribution in [0.3, 0.4) is 0 Å². The molecule has 1 unspecified atom stereocenters. The molecule has 184 valence electrons. The Labute approximate surface area is 207 Å². The second kappa shape index (κ2) is 9.49. The minimum atomic E-state index is -0.637. The van der Waals surface area contributed by atoms with Gasteiger partial charge in [-0.25, -0.2) is 4.39 Å². The van der Waals surface area contributed by atoms with E-state index in [0.29, 0.717) is 24.5 Å². The number of carbonyl (C=O) groups excluding carboxylic acids is 1. The van der Waals surface area contributed by atoms with Crippen molar-refractivity contribution in [1.29, 1.82) is 0 Å². The van der Waals surface area contributed by atoms with Gasteiger partial charge in [-0.1, -0.05) is 37.3 Å². The number of carbonyl (C=O) groups is 1. The molecule has 0 aliphatic carbocycles. The van der Waals surface area contributed by atoms with Crippen LogP contribution in [0.4, 0.5) is 4.39 Å². The van der Waals surface area contributed by atoms with Gasteiger partial charge in [-0.3, -0.25) is 9.59 Å². The van der Waals surface area contributed by atoms with E-state index in [9.17, 15) is 14.0 Å². The van der Waals surface area contributed by atoms with Crippen molar-refractivity contribution >= 4 is 16.9 Å². The molecule has 4 aromatic rings. The predicted octanol–water partition coefficient (Wildman–Crippen LogP) is 5.30. The molecule has 1 amide bonds. The lowest BCUT2D eigenvalue weighted by Gasteiger charge is -2.25. The zero-order chi connectivity index (χ0) is 25.4. The van der Waals surface area contributed by atoms with Crippen molar-refractivity contribution in [3.8, 4) is 11.5 Å². The van der Waals surface area contributed by atoms with Crippen LogP contribution in [0.2, 0.25) is 0 Å². The quantitative estimate of drug-likeness (QED) is 0.354. The number of hydrogen-bond donors (Lipinski definition) is 0. The van der Waals surface area contributed by atoms with Gasteiger partial charge < -0.3 is 18.8 Å². The first-order chi connectivity index (χ1) is 17.4. The third-order valence-corrected chi connectivity index (χ3v) is 6.72. The van der Waals surface area contributed by atoms with E-state index in [4.69, 9.17) is 13.9 Å². The zero-order valence-electron chi connectivity index (χ0n) is 20.3. The molecule has 0 fully saturated rings. The highest BCUT2D eigenvalue weighted by Gasteiger charge is 2.42. The van der Waals surface area contributed by atoms with Crippen molar-refractivity contribution in [1.82, 2.24) is 4.90 Å². The van der Waals surface area contributed by atoms with E-state index in [1.807, 2.05) is 42.5 Å². The summed E-state index contributed by atoms with van der Waals surface area (Å²) in [6.45, 7) is 2.40. The van der Waals surface area contributed by atoms with Gasteiger partial charge in [0.25, 0.3) is 5.91 Å². The number of methoxy groups -OCH3 is 2. The van der Waals surface area contributed by atoms with Crippen LogP contribution < -0.4 is 14.9 Å². The summed E-state index contributed by atoms with van der Waals surface area (Å²) in [7, 11) is 3.15. The number of benzene rings is 3. The Morgan fingerprint density at radius 1 is 0.917 bits per heavy atom. The topological polar surface area (TPSA) is 69.0 Å². The first-order valence-electron chi connectivity index (χ1n) is 11.8. The van der Waals surface area contributed by atoms with Crippen LogP contribution in [0.15, 0.2) is 69.9 Å². The SMILES string of the molecule is CCc1ccc(C2c3c(oc4ccc(F)cc4c3=O)C(=O)N2CCc2ccc(OC)c(OC)c2)cc1. The highest BCUT2D eigenvalue weighted by atomic mass is 19.1. The molecule has 1 aromatic heterocycles. The minimum Gasteiger partial charge on any atom is -0.493 e. The van der Waals surface area contributed by atoms with Crippen LogP contribution >= 0.6 is 0 Å². The lowest BCUT2D eigenvalue weighted by atomic mass is 9.97. The second-order valence-electron chi connectivity index (χ2n) is 8.75. The third-order valence-electron chi connectivity index (χ3n) is 6.72. The Hall–Kier alpha value is -4.13. The van der Waals surface area contributed by atoms with E-state index in [1.165, 1.54) is 12.1 Å². The van der Waals surface area contributed by atoms with Gasteiger partial charge >= 0.3 is 0 Å². The van der Waals surface area contributed by atoms with E-state index in [0.717, 1.165) is 29.2 Å². The van der Waals surface area contributed by atoms with Gasteiger partial charge in [0.2, 0.25) is 5.76 Å². The summed E-state index contributed by atoms with van der Waals surface area (Å²) in [4.78, 5) is 28.8. The number of halogens is 1. The summed E-state index contributed by atoms with van der Waals surface area (Å²) in [5.41, 5.74) is 2.94. The van der Waals surface area contributed by atoms with Gasteiger partial charge in [0.15, 0.2) is 16.9 Å². The smallest absolute Gasteiger partial charge is 0.290 e. The van der Waals surface area contributed by atoms with Gasteiger partial charge in [0.1, 0.15) is 11.4 Å². The van der Waals surface area contributed by atoms with E-state index in [2.05, 4.69) is 6.92 Å². The minimum absolute atomic E-state index is 0.0102. The first kappa shape index (κ1) is 23.6. The van der Waals surface area contributed by atoms with E-state index in [1.54, 1.807) is 19.1 Å². The normalized spacial score (nSPS) is 14.8. The fraction of sp³-hybridized carbons (Fsp3) is 0.241. The van der Waals surface area contributed by atoms with Crippen LogP contribution in [0.5, 0.6) is 11.5 Å². The van der Waals surface area contributed by atoms with Crippen LogP contribution in [0.25, 0.3) is 11.0 Å². The molecule has 1 aliphatic rings. The molecule has 6 nitrogen and oxygen atoms in total. The van der Waals surface area contributed by atoms with Crippen LogP contribution in [-0.4, -0.2) is 31.6 Å². The molecule has 0 saturated carbocycles. The Bertz CT molecular complexity index is 1510. The van der Waals surface area contributed by atoms with E-state index < -0.39 is 17.3 Å². The maximum atomic E-state index is 14.0. The fourth-order valence-electron chi connectivity index (χ4n) is 4.79. The Morgan fingerprint density at radius 2 is 1.64 bits per heavy atom. The van der Waals surface area contributed by atoms with Crippen LogP contribution in [0.1, 0.15) is 45.8 Å². The number of ether oxygens (including phenoxy) is 2. The lowest BCUT2D eigenvalue weighted by molar-refractivity contribution is 0.0730. The van der Waals surface area contributed by atoms with Crippen molar-refractivity contribution in [2.24, 2.45) is 0 Å². The molecule has 1 atom stereocenters. The maximum Gasteiger partial charge on any atom is 0.290 e. The molecule has 1 aliphatic heterocycles. The first-order valence-corrected chi connectivity index (χ1v) is 11.8. The molecule has 7 heteroatoms. The molecule has 0 N–H and O–H groups in total. The van der Waals surface area contributed by atoms with Gasteiger partial charge in [0.05, 0.1) is 31.2 Å². The highest BCUT2D eigenvalue weighted by Crippen LogP contribution is 2.38. The van der Waals surface area contributed by atoms with Crippen molar-refractivity contribution in [2.45, 2.75) is 25.8 Å². The number of aryl methyl sites for hydroxylation is 1. The molecule has 2 heterocycles. The highest BCUT2D eigenvalue weighted by molar-refractivity contribution is 5.99. The predicted molar refractivity (Wildman–Crippen MR) is 134 cm³/mol. The van der Waals surface area contributed by atoms with Crippen molar-refractivity contribution in [3.05, 3.63) is 105 Å². The molecule has 36 heavy (non-hydrogen) atoms. The number of nitrogens with zero attached hydrogens (tertiary/aromatic N) is 1. The fourth-order valence-corrected chi connectivity index (χ4v) is 4.79. The average Bonchev–Trinajstić information content (AvgIpc) is 3.19. The molecule has 0 saturated heterocycles. The zero-order valence-corrected chi connectivity index (χ0v) is 20.3. The molecule has 0 radical (unpaired) electrons. The van der Waals surface area contributed by atoms with Gasteiger partial charge in [-0.2, -0.15) is 0 Å². The average molecular weight is 488 g/mol. The van der Waals surface area contributed by atoms with E-state index >= 15 is 0 Å². The standard InChI is InChI=1S/C29H26FNO5/c1-4-17-5-8-19(9-6-17)26-25-27(32)21-16-20(30)10-12-22(21)36-28(25)29(33)31(26)14-13-18-7-11-23(34-2)24(15-18)35-3/h5-12,15-16,26H,4,13-14H2,1-3H3. The molecule has 3 aromatic carbocycles. The number of amides is 1. The summed E-state index contributed by atoms with van der Waals surface area (Å²) in [6, 6.07) is 16.6. The summed E-state index contributed by atoms with van der Waals surface area (Å²) >= 11 is 0. The summed E-state index contributed by atoms with van der Waals surface area (Å²) in [5, 5.41) is 0.124. The third kappa shape index (κ3) is 4.00. The Balaban J connectivity index is 1.58. The number of hydrogen-bond acceptors (Lipinski definition) is 5.